The van der Waals surface area contributed by atoms with Gasteiger partial charge in [-0.2, -0.15) is 0 Å². The fourth-order valence-corrected chi connectivity index (χ4v) is 5.81. The van der Waals surface area contributed by atoms with E-state index in [9.17, 15) is 9.18 Å². The van der Waals surface area contributed by atoms with E-state index in [0.29, 0.717) is 24.8 Å². The van der Waals surface area contributed by atoms with Crippen LogP contribution in [0, 0.1) is 3.57 Å². The molecule has 34 heavy (non-hydrogen) atoms. The van der Waals surface area contributed by atoms with Gasteiger partial charge in [0.25, 0.3) is 5.91 Å². The van der Waals surface area contributed by atoms with Gasteiger partial charge >= 0.3 is 0 Å². The van der Waals surface area contributed by atoms with Crippen LogP contribution in [0.25, 0.3) is 22.3 Å². The number of halogens is 2. The van der Waals surface area contributed by atoms with E-state index < -0.39 is 0 Å². The van der Waals surface area contributed by atoms with Crippen LogP contribution in [0.15, 0.2) is 48.7 Å². The van der Waals surface area contributed by atoms with Crippen LogP contribution in [0.4, 0.5) is 10.2 Å². The molecule has 3 N–H and O–H groups in total. The zero-order valence-corrected chi connectivity index (χ0v) is 21.1. The molecule has 0 unspecified atom stereocenters. The van der Waals surface area contributed by atoms with Gasteiger partial charge in [0.15, 0.2) is 0 Å². The summed E-state index contributed by atoms with van der Waals surface area (Å²) in [5.41, 5.74) is 13.4. The molecular weight excluding hydrogens is 542 g/mol. The van der Waals surface area contributed by atoms with Crippen LogP contribution in [0.3, 0.4) is 0 Å². The molecule has 5 nitrogen and oxygen atoms in total. The van der Waals surface area contributed by atoms with Crippen molar-refractivity contribution >= 4 is 34.3 Å². The number of nitrogens with two attached hydrogens (primary N) is 1. The van der Waals surface area contributed by atoms with Crippen molar-refractivity contribution in [2.75, 3.05) is 38.6 Å². The third kappa shape index (κ3) is 4.68. The maximum atomic E-state index is 12.6. The number of hydrogen-bond donors (Lipinski definition) is 2. The highest BCUT2D eigenvalue weighted by molar-refractivity contribution is 14.1. The average molecular weight is 570 g/mol. The molecule has 176 valence electrons. The SMILES string of the molecule is Nc1ncc(-c2ccc(C3CCN(CCF)CC3)cc2)cc1-c1cc2c(cc1I)C(=O)NCC2. The number of nitrogens with zero attached hydrogens (tertiary/aromatic N) is 2. The molecule has 2 aliphatic rings. The van der Waals surface area contributed by atoms with E-state index in [2.05, 4.69) is 74.2 Å². The van der Waals surface area contributed by atoms with Gasteiger partial charge in [-0.15, -0.1) is 0 Å². The summed E-state index contributed by atoms with van der Waals surface area (Å²) in [5.74, 6) is 0.997. The van der Waals surface area contributed by atoms with E-state index in [4.69, 9.17) is 5.73 Å². The lowest BCUT2D eigenvalue weighted by Gasteiger charge is -2.31. The molecular formula is C27H28FIN4O. The zero-order chi connectivity index (χ0) is 23.7. The predicted molar refractivity (Wildman–Crippen MR) is 143 cm³/mol. The van der Waals surface area contributed by atoms with Gasteiger partial charge < -0.3 is 16.0 Å². The summed E-state index contributed by atoms with van der Waals surface area (Å²) in [5, 5.41) is 2.91. The Morgan fingerprint density at radius 3 is 2.56 bits per heavy atom. The molecule has 0 saturated carbocycles. The fourth-order valence-electron chi connectivity index (χ4n) is 5.05. The van der Waals surface area contributed by atoms with Crippen molar-refractivity contribution in [1.29, 1.82) is 0 Å². The largest absolute Gasteiger partial charge is 0.383 e. The van der Waals surface area contributed by atoms with Crippen LogP contribution in [-0.2, 0) is 6.42 Å². The van der Waals surface area contributed by atoms with Gasteiger partial charge in [0.05, 0.1) is 0 Å². The highest BCUT2D eigenvalue weighted by atomic mass is 127. The number of rotatable bonds is 5. The Morgan fingerprint density at radius 2 is 1.82 bits per heavy atom. The molecule has 0 atom stereocenters. The predicted octanol–water partition coefficient (Wildman–Crippen LogP) is 5.04. The lowest BCUT2D eigenvalue weighted by Crippen LogP contribution is -2.34. The van der Waals surface area contributed by atoms with Crippen molar-refractivity contribution in [3.05, 3.63) is 68.9 Å². The molecule has 2 aromatic carbocycles. The Hall–Kier alpha value is -2.52. The van der Waals surface area contributed by atoms with Gasteiger partial charge in [0.1, 0.15) is 12.5 Å². The molecule has 5 rings (SSSR count). The van der Waals surface area contributed by atoms with Gasteiger partial charge in [-0.1, -0.05) is 24.3 Å². The van der Waals surface area contributed by atoms with Crippen molar-refractivity contribution in [3.63, 3.8) is 0 Å². The molecule has 1 aromatic heterocycles. The Balaban J connectivity index is 1.40. The lowest BCUT2D eigenvalue weighted by atomic mass is 9.88. The van der Waals surface area contributed by atoms with Crippen LogP contribution < -0.4 is 11.1 Å². The van der Waals surface area contributed by atoms with Gasteiger partial charge in [-0.05, 0) is 101 Å². The van der Waals surface area contributed by atoms with Crippen molar-refractivity contribution in [1.82, 2.24) is 15.2 Å². The molecule has 0 bridgehead atoms. The first kappa shape index (κ1) is 23.2. The Bertz CT molecular complexity index is 1210. The third-order valence-corrected chi connectivity index (χ3v) is 7.92. The minimum atomic E-state index is -0.267. The van der Waals surface area contributed by atoms with Crippen LogP contribution in [0.2, 0.25) is 0 Å². The Kier molecular flexibility index (Phi) is 6.83. The molecule has 0 radical (unpaired) electrons. The van der Waals surface area contributed by atoms with Crippen LogP contribution in [0.5, 0.6) is 0 Å². The number of alkyl halides is 1. The van der Waals surface area contributed by atoms with Crippen LogP contribution in [0.1, 0.15) is 40.2 Å². The third-order valence-electron chi connectivity index (χ3n) is 7.03. The van der Waals surface area contributed by atoms with Gasteiger partial charge in [0.2, 0.25) is 0 Å². The average Bonchev–Trinajstić information content (AvgIpc) is 2.86. The molecule has 7 heteroatoms. The molecule has 2 aliphatic heterocycles. The van der Waals surface area contributed by atoms with Crippen molar-refractivity contribution in [2.24, 2.45) is 0 Å². The Labute approximate surface area is 213 Å². The number of piperidine rings is 1. The number of carbonyl (C=O) groups is 1. The van der Waals surface area contributed by atoms with Gasteiger partial charge in [-0.3, -0.25) is 4.79 Å². The molecule has 3 heterocycles. The molecule has 1 fully saturated rings. The summed E-state index contributed by atoms with van der Waals surface area (Å²) in [6.45, 7) is 2.86. The number of anilines is 1. The number of carbonyl (C=O) groups excluding carboxylic acids is 1. The first-order valence-electron chi connectivity index (χ1n) is 11.8. The standard InChI is InChI=1S/C27H28FIN4O/c28-8-12-33-10-6-19(7-11-33)17-1-3-18(4-2-17)21-14-24(26(30)32-16-21)23-13-20-5-9-31-27(34)22(20)15-25(23)29/h1-4,13-16,19H,5-12H2,(H2,30,32)(H,31,34). The zero-order valence-electron chi connectivity index (χ0n) is 19.0. The maximum absolute atomic E-state index is 12.6. The minimum Gasteiger partial charge on any atom is -0.383 e. The topological polar surface area (TPSA) is 71.2 Å². The van der Waals surface area contributed by atoms with E-state index in [1.807, 2.05) is 12.3 Å². The van der Waals surface area contributed by atoms with Crippen molar-refractivity contribution in [3.8, 4) is 22.3 Å². The van der Waals surface area contributed by atoms with E-state index in [0.717, 1.165) is 69.3 Å². The van der Waals surface area contributed by atoms with Crippen LogP contribution in [-0.4, -0.2) is 48.6 Å². The lowest BCUT2D eigenvalue weighted by molar-refractivity contribution is 0.0946. The van der Waals surface area contributed by atoms with Crippen molar-refractivity contribution in [2.45, 2.75) is 25.2 Å². The monoisotopic (exact) mass is 570 g/mol. The number of amides is 1. The first-order chi connectivity index (χ1) is 16.5. The summed E-state index contributed by atoms with van der Waals surface area (Å²) in [6.07, 6.45) is 4.78. The quantitative estimate of drug-likeness (QED) is 0.422. The summed E-state index contributed by atoms with van der Waals surface area (Å²) in [4.78, 5) is 18.9. The fraction of sp³-hybridized carbons (Fsp3) is 0.333. The number of likely N-dealkylation sites (tertiary alicyclic amines) is 1. The van der Waals surface area contributed by atoms with Gasteiger partial charge in [-0.25, -0.2) is 9.37 Å². The van der Waals surface area contributed by atoms with Gasteiger partial charge in [0, 0.05) is 39.5 Å². The summed E-state index contributed by atoms with van der Waals surface area (Å²) in [6, 6.07) is 14.9. The normalized spacial score (nSPS) is 16.8. The smallest absolute Gasteiger partial charge is 0.251 e. The molecule has 0 aliphatic carbocycles. The molecule has 3 aromatic rings. The number of benzene rings is 2. The summed E-state index contributed by atoms with van der Waals surface area (Å²) >= 11 is 2.27. The minimum absolute atomic E-state index is 0.0151. The summed E-state index contributed by atoms with van der Waals surface area (Å²) < 4.78 is 13.6. The number of aromatic nitrogens is 1. The summed E-state index contributed by atoms with van der Waals surface area (Å²) in [7, 11) is 0. The molecule has 1 amide bonds. The maximum Gasteiger partial charge on any atom is 0.251 e. The van der Waals surface area contributed by atoms with Crippen LogP contribution >= 0.6 is 22.6 Å². The van der Waals surface area contributed by atoms with E-state index in [1.165, 1.54) is 5.56 Å². The second-order valence-corrected chi connectivity index (χ2v) is 10.2. The van der Waals surface area contributed by atoms with E-state index in [-0.39, 0.29) is 12.6 Å². The highest BCUT2D eigenvalue weighted by Crippen LogP contribution is 2.36. The molecule has 1 saturated heterocycles. The number of pyridine rings is 1. The number of fused-ring (bicyclic) bond motifs is 1. The number of nitrogen functional groups attached to an aromatic ring is 1. The molecule has 0 spiro atoms. The second kappa shape index (κ2) is 10.00. The van der Waals surface area contributed by atoms with Crippen molar-refractivity contribution < 1.29 is 9.18 Å². The number of nitrogens with one attached hydrogen (secondary N) is 1. The number of hydrogen-bond acceptors (Lipinski definition) is 4. The van der Waals surface area contributed by atoms with E-state index in [1.54, 1.807) is 0 Å². The highest BCUT2D eigenvalue weighted by Gasteiger charge is 2.22. The Morgan fingerprint density at radius 1 is 1.06 bits per heavy atom. The second-order valence-electron chi connectivity index (χ2n) is 9.08. The van der Waals surface area contributed by atoms with E-state index >= 15 is 0 Å². The first-order valence-corrected chi connectivity index (χ1v) is 12.9.